The number of nitrogens with zero attached hydrogens (tertiary/aromatic N) is 3. The summed E-state index contributed by atoms with van der Waals surface area (Å²) >= 11 is 0. The van der Waals surface area contributed by atoms with Crippen LogP contribution in [0.25, 0.3) is 0 Å². The average Bonchev–Trinajstić information content (AvgIpc) is 2.19. The molecule has 0 aliphatic heterocycles. The van der Waals surface area contributed by atoms with Gasteiger partial charge in [-0.3, -0.25) is 0 Å². The third-order valence-electron chi connectivity index (χ3n) is 0.806. The van der Waals surface area contributed by atoms with E-state index in [1.165, 1.54) is 0 Å². The Bertz CT molecular complexity index is 154. The van der Waals surface area contributed by atoms with Crippen molar-refractivity contribution in [3.05, 3.63) is 25.3 Å². The topological polar surface area (TPSA) is 30.7 Å². The summed E-state index contributed by atoms with van der Waals surface area (Å²) in [6.07, 6.45) is 5.10. The van der Waals surface area contributed by atoms with Crippen LogP contribution in [0.4, 0.5) is 0 Å². The van der Waals surface area contributed by atoms with E-state index in [2.05, 4.69) is 16.8 Å². The summed E-state index contributed by atoms with van der Waals surface area (Å²) in [6, 6.07) is 0. The highest BCUT2D eigenvalue weighted by atomic mass is 15.2. The Morgan fingerprint density at radius 2 is 2.12 bits per heavy atom. The number of rotatable bonds is 2. The van der Waals surface area contributed by atoms with Crippen LogP contribution in [0.2, 0.25) is 0 Å². The molecular formula is C5H7N3. The van der Waals surface area contributed by atoms with Gasteiger partial charge in [0.2, 0.25) is 0 Å². The minimum Gasteiger partial charge on any atom is -0.316 e. The first-order valence-electron chi connectivity index (χ1n) is 2.37. The molecule has 0 saturated heterocycles. The zero-order chi connectivity index (χ0) is 5.82. The zero-order valence-electron chi connectivity index (χ0n) is 4.49. The van der Waals surface area contributed by atoms with Gasteiger partial charge in [0.25, 0.3) is 0 Å². The van der Waals surface area contributed by atoms with Crippen LogP contribution in [0.15, 0.2) is 25.3 Å². The van der Waals surface area contributed by atoms with Gasteiger partial charge in [-0.2, -0.15) is 0 Å². The predicted octanol–water partition coefficient (Wildman–Crippen LogP) is 0.464. The van der Waals surface area contributed by atoms with Crippen molar-refractivity contribution in [2.45, 2.75) is 6.54 Å². The van der Waals surface area contributed by atoms with Crippen LogP contribution in [-0.2, 0) is 6.54 Å². The molecule has 1 aromatic rings. The lowest BCUT2D eigenvalue weighted by molar-refractivity contribution is 0.819. The Morgan fingerprint density at radius 3 is 2.62 bits per heavy atom. The van der Waals surface area contributed by atoms with Gasteiger partial charge >= 0.3 is 0 Å². The third kappa shape index (κ3) is 0.932. The highest BCUT2D eigenvalue weighted by Gasteiger charge is 1.80. The molecule has 42 valence electrons. The molecule has 1 heterocycles. The largest absolute Gasteiger partial charge is 0.316 e. The third-order valence-corrected chi connectivity index (χ3v) is 0.806. The lowest BCUT2D eigenvalue weighted by Crippen LogP contribution is -1.87. The second-order valence-electron chi connectivity index (χ2n) is 1.45. The summed E-state index contributed by atoms with van der Waals surface area (Å²) in [4.78, 5) is 0. The summed E-state index contributed by atoms with van der Waals surface area (Å²) in [5.41, 5.74) is 0. The van der Waals surface area contributed by atoms with Crippen LogP contribution in [0.1, 0.15) is 0 Å². The van der Waals surface area contributed by atoms with E-state index in [0.717, 1.165) is 6.54 Å². The van der Waals surface area contributed by atoms with E-state index in [1.54, 1.807) is 18.7 Å². The van der Waals surface area contributed by atoms with Gasteiger partial charge in [0.1, 0.15) is 12.7 Å². The zero-order valence-corrected chi connectivity index (χ0v) is 4.49. The van der Waals surface area contributed by atoms with E-state index in [0.29, 0.717) is 0 Å². The van der Waals surface area contributed by atoms with Crippen molar-refractivity contribution in [1.82, 2.24) is 14.8 Å². The molecule has 0 radical (unpaired) electrons. The number of hydrogen-bond donors (Lipinski definition) is 0. The normalized spacial score (nSPS) is 9.00. The van der Waals surface area contributed by atoms with E-state index >= 15 is 0 Å². The SMILES string of the molecule is C=CCn1cnnc1. The van der Waals surface area contributed by atoms with Gasteiger partial charge in [0.05, 0.1) is 0 Å². The Hall–Kier alpha value is -1.12. The second kappa shape index (κ2) is 2.26. The molecule has 0 aliphatic carbocycles. The van der Waals surface area contributed by atoms with Gasteiger partial charge in [0, 0.05) is 6.54 Å². The van der Waals surface area contributed by atoms with Crippen molar-refractivity contribution in [2.24, 2.45) is 0 Å². The Morgan fingerprint density at radius 1 is 1.50 bits per heavy atom. The van der Waals surface area contributed by atoms with Gasteiger partial charge in [-0.15, -0.1) is 16.8 Å². The van der Waals surface area contributed by atoms with Crippen LogP contribution in [-0.4, -0.2) is 14.8 Å². The summed E-state index contributed by atoms with van der Waals surface area (Å²) in [5, 5.41) is 7.21. The molecule has 1 aromatic heterocycles. The fourth-order valence-corrected chi connectivity index (χ4v) is 0.465. The monoisotopic (exact) mass is 109 g/mol. The minimum absolute atomic E-state index is 0.785. The van der Waals surface area contributed by atoms with E-state index in [9.17, 15) is 0 Å². The predicted molar refractivity (Wildman–Crippen MR) is 30.2 cm³/mol. The molecule has 0 saturated carbocycles. The van der Waals surface area contributed by atoms with Crippen molar-refractivity contribution in [3.63, 3.8) is 0 Å². The van der Waals surface area contributed by atoms with E-state index in [1.807, 2.05) is 4.57 Å². The summed E-state index contributed by atoms with van der Waals surface area (Å²) in [5.74, 6) is 0. The molecule has 0 aliphatic rings. The molecule has 1 rings (SSSR count). The van der Waals surface area contributed by atoms with Crippen LogP contribution in [0.3, 0.4) is 0 Å². The smallest absolute Gasteiger partial charge is 0.119 e. The lowest BCUT2D eigenvalue weighted by Gasteiger charge is -1.88. The Kier molecular flexibility index (Phi) is 1.42. The molecule has 0 unspecified atom stereocenters. The standard InChI is InChI=1S/C5H7N3/c1-2-3-8-4-6-7-5-8/h2,4-5H,1,3H2. The van der Waals surface area contributed by atoms with Gasteiger partial charge in [-0.25, -0.2) is 0 Å². The highest BCUT2D eigenvalue weighted by molar-refractivity contribution is 4.70. The highest BCUT2D eigenvalue weighted by Crippen LogP contribution is 1.79. The van der Waals surface area contributed by atoms with Crippen molar-refractivity contribution in [3.8, 4) is 0 Å². The number of allylic oxidation sites excluding steroid dienone is 1. The number of aromatic nitrogens is 3. The molecule has 0 amide bonds. The van der Waals surface area contributed by atoms with Crippen LogP contribution in [0.5, 0.6) is 0 Å². The van der Waals surface area contributed by atoms with E-state index < -0.39 is 0 Å². The molecule has 0 spiro atoms. The first-order valence-corrected chi connectivity index (χ1v) is 2.37. The summed E-state index contributed by atoms with van der Waals surface area (Å²) in [7, 11) is 0. The first-order chi connectivity index (χ1) is 3.93. The van der Waals surface area contributed by atoms with Gasteiger partial charge in [-0.1, -0.05) is 6.08 Å². The molecule has 0 fully saturated rings. The van der Waals surface area contributed by atoms with E-state index in [4.69, 9.17) is 0 Å². The van der Waals surface area contributed by atoms with Crippen molar-refractivity contribution in [2.75, 3.05) is 0 Å². The molecule has 8 heavy (non-hydrogen) atoms. The van der Waals surface area contributed by atoms with Crippen molar-refractivity contribution >= 4 is 0 Å². The first kappa shape index (κ1) is 5.03. The summed E-state index contributed by atoms with van der Waals surface area (Å²) < 4.78 is 1.84. The van der Waals surface area contributed by atoms with Gasteiger partial charge in [-0.05, 0) is 0 Å². The maximum atomic E-state index is 3.61. The second-order valence-corrected chi connectivity index (χ2v) is 1.45. The van der Waals surface area contributed by atoms with Crippen LogP contribution >= 0.6 is 0 Å². The quantitative estimate of drug-likeness (QED) is 0.517. The van der Waals surface area contributed by atoms with Gasteiger partial charge in [0.15, 0.2) is 0 Å². The fraction of sp³-hybridized carbons (Fsp3) is 0.200. The maximum Gasteiger partial charge on any atom is 0.119 e. The van der Waals surface area contributed by atoms with Crippen LogP contribution < -0.4 is 0 Å². The Balaban J connectivity index is 2.62. The molecule has 0 atom stereocenters. The molecule has 3 nitrogen and oxygen atoms in total. The Labute approximate surface area is 47.7 Å². The molecule has 3 heteroatoms. The number of hydrogen-bond acceptors (Lipinski definition) is 2. The molecular weight excluding hydrogens is 102 g/mol. The maximum absolute atomic E-state index is 3.61. The minimum atomic E-state index is 0.785. The summed E-state index contributed by atoms with van der Waals surface area (Å²) in [6.45, 7) is 4.34. The van der Waals surface area contributed by atoms with Gasteiger partial charge < -0.3 is 4.57 Å². The lowest BCUT2D eigenvalue weighted by atomic mass is 10.6. The van der Waals surface area contributed by atoms with E-state index in [-0.39, 0.29) is 0 Å². The fourth-order valence-electron chi connectivity index (χ4n) is 0.465. The molecule has 0 aromatic carbocycles. The average molecular weight is 109 g/mol. The van der Waals surface area contributed by atoms with Crippen LogP contribution in [0, 0.1) is 0 Å². The van der Waals surface area contributed by atoms with Crippen molar-refractivity contribution < 1.29 is 0 Å². The molecule has 0 bridgehead atoms. The molecule has 0 N–H and O–H groups in total. The van der Waals surface area contributed by atoms with Crippen molar-refractivity contribution in [1.29, 1.82) is 0 Å².